The zero-order valence-electron chi connectivity index (χ0n) is 8.96. The summed E-state index contributed by atoms with van der Waals surface area (Å²) in [5.41, 5.74) is 1.37. The van der Waals surface area contributed by atoms with Gasteiger partial charge in [0.25, 0.3) is 5.91 Å². The van der Waals surface area contributed by atoms with Crippen molar-refractivity contribution >= 4 is 28.8 Å². The molecule has 0 atom stereocenters. The summed E-state index contributed by atoms with van der Waals surface area (Å²) >= 11 is 7.12. The Morgan fingerprint density at radius 3 is 3.12 bits per heavy atom. The lowest BCUT2D eigenvalue weighted by molar-refractivity contribution is 0.0962. The van der Waals surface area contributed by atoms with Gasteiger partial charge < -0.3 is 5.32 Å². The first kappa shape index (κ1) is 11.7. The number of alkyl halides is 1. The second kappa shape index (κ2) is 5.51. The van der Waals surface area contributed by atoms with Gasteiger partial charge in [-0.2, -0.15) is 0 Å². The van der Waals surface area contributed by atoms with Crippen LogP contribution >= 0.6 is 22.9 Å². The standard InChI is InChI=1S/C12H14ClNOS/c13-6-1-2-7-14-12(15)11-8-9-4-3-5-10(9)16-11/h1-2,8H,3-7H2,(H,14,15)/b2-1+. The van der Waals surface area contributed by atoms with Crippen LogP contribution in [0.5, 0.6) is 0 Å². The number of rotatable bonds is 4. The van der Waals surface area contributed by atoms with Crippen molar-refractivity contribution in [3.8, 4) is 0 Å². The molecule has 1 N–H and O–H groups in total. The predicted octanol–water partition coefficient (Wildman–Crippen LogP) is 2.76. The molecule has 0 spiro atoms. The molecule has 4 heteroatoms. The van der Waals surface area contributed by atoms with E-state index in [2.05, 4.69) is 5.32 Å². The van der Waals surface area contributed by atoms with E-state index in [9.17, 15) is 4.79 Å². The Morgan fingerprint density at radius 1 is 1.50 bits per heavy atom. The van der Waals surface area contributed by atoms with Crippen molar-refractivity contribution in [2.75, 3.05) is 12.4 Å². The van der Waals surface area contributed by atoms with Crippen molar-refractivity contribution in [2.45, 2.75) is 19.3 Å². The summed E-state index contributed by atoms with van der Waals surface area (Å²) in [5.74, 6) is 0.516. The Hall–Kier alpha value is -0.800. The topological polar surface area (TPSA) is 29.1 Å². The van der Waals surface area contributed by atoms with Gasteiger partial charge in [0.05, 0.1) is 4.88 Å². The van der Waals surface area contributed by atoms with Crippen LogP contribution in [0.25, 0.3) is 0 Å². The van der Waals surface area contributed by atoms with Crippen LogP contribution in [0.1, 0.15) is 26.5 Å². The number of allylic oxidation sites excluding steroid dienone is 1. The van der Waals surface area contributed by atoms with Crippen molar-refractivity contribution in [2.24, 2.45) is 0 Å². The Labute approximate surface area is 104 Å². The molecule has 0 saturated carbocycles. The van der Waals surface area contributed by atoms with E-state index in [1.54, 1.807) is 11.3 Å². The maximum Gasteiger partial charge on any atom is 0.261 e. The molecular formula is C12H14ClNOS. The third-order valence-corrected chi connectivity index (χ3v) is 4.02. The first-order chi connectivity index (χ1) is 7.81. The van der Waals surface area contributed by atoms with E-state index in [1.807, 2.05) is 18.2 Å². The lowest BCUT2D eigenvalue weighted by atomic mass is 10.2. The van der Waals surface area contributed by atoms with Gasteiger partial charge in [-0.1, -0.05) is 12.2 Å². The summed E-state index contributed by atoms with van der Waals surface area (Å²) in [4.78, 5) is 14.0. The molecule has 1 aliphatic rings. The van der Waals surface area contributed by atoms with Gasteiger partial charge in [-0.25, -0.2) is 0 Å². The first-order valence-corrected chi connectivity index (χ1v) is 6.77. The van der Waals surface area contributed by atoms with Gasteiger partial charge in [0.2, 0.25) is 0 Å². The first-order valence-electron chi connectivity index (χ1n) is 5.42. The lowest BCUT2D eigenvalue weighted by Crippen LogP contribution is -2.22. The molecule has 1 aromatic rings. The number of nitrogens with one attached hydrogen (secondary N) is 1. The van der Waals surface area contributed by atoms with Gasteiger partial charge in [-0.3, -0.25) is 4.79 Å². The molecule has 0 aliphatic heterocycles. The summed E-state index contributed by atoms with van der Waals surface area (Å²) in [5, 5.41) is 2.85. The van der Waals surface area contributed by atoms with Crippen LogP contribution in [0.3, 0.4) is 0 Å². The number of fused-ring (bicyclic) bond motifs is 1. The summed E-state index contributed by atoms with van der Waals surface area (Å²) in [6.45, 7) is 0.550. The van der Waals surface area contributed by atoms with Crippen molar-refractivity contribution in [3.63, 3.8) is 0 Å². The molecule has 0 bridgehead atoms. The van der Waals surface area contributed by atoms with Crippen LogP contribution < -0.4 is 5.32 Å². The number of aryl methyl sites for hydroxylation is 2. The summed E-state index contributed by atoms with van der Waals surface area (Å²) in [6.07, 6.45) is 7.20. The molecule has 2 rings (SSSR count). The second-order valence-corrected chi connectivity index (χ2v) is 5.19. The van der Waals surface area contributed by atoms with Crippen LogP contribution in [0.15, 0.2) is 18.2 Å². The average Bonchev–Trinajstić information content (AvgIpc) is 2.83. The van der Waals surface area contributed by atoms with Crippen LogP contribution in [-0.4, -0.2) is 18.3 Å². The number of hydrogen-bond acceptors (Lipinski definition) is 2. The number of amides is 1. The molecule has 0 aromatic carbocycles. The molecule has 86 valence electrons. The van der Waals surface area contributed by atoms with E-state index in [4.69, 9.17) is 11.6 Å². The highest BCUT2D eigenvalue weighted by Crippen LogP contribution is 2.30. The minimum atomic E-state index is 0.0265. The van der Waals surface area contributed by atoms with Gasteiger partial charge in [0, 0.05) is 17.3 Å². The fourth-order valence-electron chi connectivity index (χ4n) is 1.83. The SMILES string of the molecule is O=C(NC/C=C/CCl)c1cc2c(s1)CCC2. The van der Waals surface area contributed by atoms with E-state index < -0.39 is 0 Å². The normalized spacial score (nSPS) is 14.3. The fraction of sp³-hybridized carbons (Fsp3) is 0.417. The monoisotopic (exact) mass is 255 g/mol. The van der Waals surface area contributed by atoms with E-state index >= 15 is 0 Å². The number of hydrogen-bond donors (Lipinski definition) is 1. The Morgan fingerprint density at radius 2 is 2.38 bits per heavy atom. The molecule has 0 unspecified atom stereocenters. The van der Waals surface area contributed by atoms with Crippen molar-refractivity contribution in [3.05, 3.63) is 33.5 Å². The Kier molecular flexibility index (Phi) is 4.02. The van der Waals surface area contributed by atoms with Crippen molar-refractivity contribution < 1.29 is 4.79 Å². The highest BCUT2D eigenvalue weighted by molar-refractivity contribution is 7.14. The predicted molar refractivity (Wildman–Crippen MR) is 68.5 cm³/mol. The third kappa shape index (κ3) is 2.66. The molecule has 0 saturated heterocycles. The van der Waals surface area contributed by atoms with Crippen molar-refractivity contribution in [1.29, 1.82) is 0 Å². The van der Waals surface area contributed by atoms with Gasteiger partial charge in [0.1, 0.15) is 0 Å². The minimum absolute atomic E-state index is 0.0265. The van der Waals surface area contributed by atoms with E-state index in [0.717, 1.165) is 17.7 Å². The van der Waals surface area contributed by atoms with E-state index in [-0.39, 0.29) is 5.91 Å². The fourth-order valence-corrected chi connectivity index (χ4v) is 3.12. The van der Waals surface area contributed by atoms with Crippen LogP contribution in [-0.2, 0) is 12.8 Å². The lowest BCUT2D eigenvalue weighted by Gasteiger charge is -1.98. The largest absolute Gasteiger partial charge is 0.348 e. The van der Waals surface area contributed by atoms with Gasteiger partial charge in [0.15, 0.2) is 0 Å². The molecule has 1 amide bonds. The molecule has 0 radical (unpaired) electrons. The van der Waals surface area contributed by atoms with Gasteiger partial charge in [-0.15, -0.1) is 22.9 Å². The summed E-state index contributed by atoms with van der Waals surface area (Å²) in [6, 6.07) is 2.04. The van der Waals surface area contributed by atoms with E-state index in [0.29, 0.717) is 12.4 Å². The van der Waals surface area contributed by atoms with E-state index in [1.165, 1.54) is 16.9 Å². The molecule has 1 aromatic heterocycles. The highest BCUT2D eigenvalue weighted by atomic mass is 35.5. The maximum atomic E-state index is 11.7. The third-order valence-electron chi connectivity index (χ3n) is 2.61. The Bertz CT molecular complexity index is 390. The van der Waals surface area contributed by atoms with Gasteiger partial charge >= 0.3 is 0 Å². The second-order valence-electron chi connectivity index (χ2n) is 3.75. The molecular weight excluding hydrogens is 242 g/mol. The number of thiophene rings is 1. The number of carbonyl (C=O) groups excluding carboxylic acids is 1. The zero-order valence-corrected chi connectivity index (χ0v) is 10.5. The quantitative estimate of drug-likeness (QED) is 0.651. The smallest absolute Gasteiger partial charge is 0.261 e. The minimum Gasteiger partial charge on any atom is -0.348 e. The highest BCUT2D eigenvalue weighted by Gasteiger charge is 2.17. The number of halogens is 1. The number of carbonyl (C=O) groups is 1. The maximum absolute atomic E-state index is 11.7. The molecule has 16 heavy (non-hydrogen) atoms. The van der Waals surface area contributed by atoms with Crippen LogP contribution in [0.2, 0.25) is 0 Å². The Balaban J connectivity index is 1.91. The molecule has 0 fully saturated rings. The van der Waals surface area contributed by atoms with Crippen LogP contribution in [0, 0.1) is 0 Å². The summed E-state index contributed by atoms with van der Waals surface area (Å²) in [7, 11) is 0. The molecule has 1 heterocycles. The van der Waals surface area contributed by atoms with Crippen molar-refractivity contribution in [1.82, 2.24) is 5.32 Å². The zero-order chi connectivity index (χ0) is 11.4. The summed E-state index contributed by atoms with van der Waals surface area (Å²) < 4.78 is 0. The van der Waals surface area contributed by atoms with Gasteiger partial charge in [-0.05, 0) is 30.9 Å². The average molecular weight is 256 g/mol. The van der Waals surface area contributed by atoms with Crippen LogP contribution in [0.4, 0.5) is 0 Å². The molecule has 1 aliphatic carbocycles. The molecule has 2 nitrogen and oxygen atoms in total.